The lowest BCUT2D eigenvalue weighted by atomic mass is 9.75. The topological polar surface area (TPSA) is 45.7 Å². The van der Waals surface area contributed by atoms with Gasteiger partial charge >= 0.3 is 0 Å². The summed E-state index contributed by atoms with van der Waals surface area (Å²) in [5.41, 5.74) is 2.86. The number of pyridine rings is 1. The smallest absolute Gasteiger partial charge is 0.228 e. The number of hydrogen-bond donors (Lipinski definition) is 0. The number of rotatable bonds is 7. The van der Waals surface area contributed by atoms with Crippen molar-refractivity contribution in [1.29, 1.82) is 0 Å². The number of likely N-dealkylation sites (N-methyl/N-ethyl adjacent to an activating group) is 1. The number of halogens is 1. The van der Waals surface area contributed by atoms with Crippen molar-refractivity contribution in [3.63, 3.8) is 0 Å². The van der Waals surface area contributed by atoms with Crippen LogP contribution in [0.4, 0.5) is 4.39 Å². The van der Waals surface area contributed by atoms with Crippen LogP contribution in [0.1, 0.15) is 36.1 Å². The SMILES string of the molecule is CN1C(=O)C2(CCN(Cc3ccccc3OCc3ccccn3)CC2)CC1Cc1ccc(F)cc1. The summed E-state index contributed by atoms with van der Waals surface area (Å²) in [7, 11) is 1.92. The predicted molar refractivity (Wildman–Crippen MR) is 133 cm³/mol. The van der Waals surface area contributed by atoms with Crippen LogP contribution < -0.4 is 4.74 Å². The highest BCUT2D eigenvalue weighted by Crippen LogP contribution is 2.45. The summed E-state index contributed by atoms with van der Waals surface area (Å²) in [5, 5.41) is 0. The van der Waals surface area contributed by atoms with Crippen LogP contribution in [0.25, 0.3) is 0 Å². The van der Waals surface area contributed by atoms with Crippen LogP contribution in [-0.4, -0.2) is 46.9 Å². The van der Waals surface area contributed by atoms with Crippen LogP contribution in [0.15, 0.2) is 72.9 Å². The number of hydrogen-bond acceptors (Lipinski definition) is 4. The van der Waals surface area contributed by atoms with Crippen molar-refractivity contribution < 1.29 is 13.9 Å². The largest absolute Gasteiger partial charge is 0.487 e. The molecule has 2 saturated heterocycles. The normalized spacial score (nSPS) is 19.9. The van der Waals surface area contributed by atoms with E-state index in [0.717, 1.165) is 67.9 Å². The van der Waals surface area contributed by atoms with Crippen molar-refractivity contribution in [1.82, 2.24) is 14.8 Å². The molecule has 35 heavy (non-hydrogen) atoms. The molecule has 0 radical (unpaired) electrons. The molecule has 5 rings (SSSR count). The summed E-state index contributed by atoms with van der Waals surface area (Å²) < 4.78 is 19.4. The van der Waals surface area contributed by atoms with Gasteiger partial charge in [0.05, 0.1) is 11.1 Å². The molecule has 0 N–H and O–H groups in total. The molecular weight excluding hydrogens is 441 g/mol. The molecule has 2 aliphatic rings. The Labute approximate surface area is 206 Å². The number of ether oxygens (including phenoxy) is 1. The van der Waals surface area contributed by atoms with E-state index in [4.69, 9.17) is 4.74 Å². The standard InChI is InChI=1S/C29H32FN3O2/c1-32-26(18-22-9-11-24(30)12-10-22)19-29(28(32)34)13-16-33(17-14-29)20-23-6-2-3-8-27(23)35-21-25-7-4-5-15-31-25/h2-12,15,26H,13-14,16-21H2,1H3. The number of piperidine rings is 1. The molecule has 3 aromatic rings. The van der Waals surface area contributed by atoms with Crippen molar-refractivity contribution in [3.05, 3.63) is 95.6 Å². The molecule has 1 unspecified atom stereocenters. The number of nitrogens with zero attached hydrogens (tertiary/aromatic N) is 3. The summed E-state index contributed by atoms with van der Waals surface area (Å²) in [6.45, 7) is 3.02. The van der Waals surface area contributed by atoms with Crippen molar-refractivity contribution in [2.24, 2.45) is 5.41 Å². The first kappa shape index (κ1) is 23.5. The molecule has 0 aliphatic carbocycles. The highest BCUT2D eigenvalue weighted by atomic mass is 19.1. The molecule has 1 spiro atoms. The van der Waals surface area contributed by atoms with Gasteiger partial charge in [0.25, 0.3) is 0 Å². The monoisotopic (exact) mass is 473 g/mol. The molecule has 0 bridgehead atoms. The van der Waals surface area contributed by atoms with Crippen molar-refractivity contribution in [2.45, 2.75) is 44.9 Å². The summed E-state index contributed by atoms with van der Waals surface area (Å²) in [6.07, 6.45) is 5.16. The number of amides is 1. The van der Waals surface area contributed by atoms with E-state index in [1.54, 1.807) is 6.20 Å². The van der Waals surface area contributed by atoms with E-state index in [-0.39, 0.29) is 23.2 Å². The Morgan fingerprint density at radius 3 is 2.51 bits per heavy atom. The molecule has 6 heteroatoms. The van der Waals surface area contributed by atoms with E-state index in [9.17, 15) is 9.18 Å². The van der Waals surface area contributed by atoms with Crippen molar-refractivity contribution in [2.75, 3.05) is 20.1 Å². The minimum absolute atomic E-state index is 0.167. The van der Waals surface area contributed by atoms with Crippen molar-refractivity contribution in [3.8, 4) is 5.75 Å². The Morgan fingerprint density at radius 2 is 1.77 bits per heavy atom. The summed E-state index contributed by atoms with van der Waals surface area (Å²) in [5.74, 6) is 0.926. The third kappa shape index (κ3) is 5.22. The zero-order valence-electron chi connectivity index (χ0n) is 20.2. The third-order valence-corrected chi connectivity index (χ3v) is 7.61. The number of carbonyl (C=O) groups is 1. The number of aromatic nitrogens is 1. The quantitative estimate of drug-likeness (QED) is 0.492. The molecule has 182 valence electrons. The Morgan fingerprint density at radius 1 is 1.03 bits per heavy atom. The fraction of sp³-hybridized carbons (Fsp3) is 0.379. The highest BCUT2D eigenvalue weighted by Gasteiger charge is 2.51. The highest BCUT2D eigenvalue weighted by molar-refractivity contribution is 5.85. The Kier molecular flexibility index (Phi) is 6.82. The molecule has 1 amide bonds. The summed E-state index contributed by atoms with van der Waals surface area (Å²) >= 11 is 0. The minimum atomic E-state index is -0.273. The average Bonchev–Trinajstić information content (AvgIpc) is 3.11. The van der Waals surface area contributed by atoms with Crippen LogP contribution >= 0.6 is 0 Å². The second-order valence-corrected chi connectivity index (χ2v) is 9.88. The molecule has 3 heterocycles. The van der Waals surface area contributed by atoms with Crippen LogP contribution in [-0.2, 0) is 24.4 Å². The lowest BCUT2D eigenvalue weighted by molar-refractivity contribution is -0.137. The maximum atomic E-state index is 13.3. The zero-order chi connectivity index (χ0) is 24.3. The first-order valence-corrected chi connectivity index (χ1v) is 12.4. The number of para-hydroxylation sites is 1. The molecule has 1 atom stereocenters. The Balaban J connectivity index is 1.19. The van der Waals surface area contributed by atoms with Crippen molar-refractivity contribution >= 4 is 5.91 Å². The first-order valence-electron chi connectivity index (χ1n) is 12.4. The second-order valence-electron chi connectivity index (χ2n) is 9.88. The van der Waals surface area contributed by atoms with Gasteiger partial charge in [-0.3, -0.25) is 14.7 Å². The predicted octanol–water partition coefficient (Wildman–Crippen LogP) is 4.86. The number of carbonyl (C=O) groups excluding carboxylic acids is 1. The van der Waals surface area contributed by atoms with E-state index in [0.29, 0.717) is 6.61 Å². The van der Waals surface area contributed by atoms with E-state index in [1.165, 1.54) is 12.1 Å². The average molecular weight is 474 g/mol. The number of likely N-dealkylation sites (tertiary alicyclic amines) is 2. The maximum Gasteiger partial charge on any atom is 0.228 e. The molecule has 2 aliphatic heterocycles. The van der Waals surface area contributed by atoms with Gasteiger partial charge in [0.15, 0.2) is 0 Å². The fourth-order valence-corrected chi connectivity index (χ4v) is 5.53. The van der Waals surface area contributed by atoms with Gasteiger partial charge in [-0.15, -0.1) is 0 Å². The van der Waals surface area contributed by atoms with Crippen LogP contribution in [0, 0.1) is 11.2 Å². The Hall–Kier alpha value is -3.25. The van der Waals surface area contributed by atoms with E-state index in [1.807, 2.05) is 60.5 Å². The molecule has 5 nitrogen and oxygen atoms in total. The molecule has 2 fully saturated rings. The van der Waals surface area contributed by atoms with Gasteiger partial charge in [-0.2, -0.15) is 0 Å². The lowest BCUT2D eigenvalue weighted by Gasteiger charge is -2.38. The van der Waals surface area contributed by atoms with E-state index >= 15 is 0 Å². The molecular formula is C29H32FN3O2. The summed E-state index contributed by atoms with van der Waals surface area (Å²) in [6, 6.07) is 20.8. The summed E-state index contributed by atoms with van der Waals surface area (Å²) in [4.78, 5) is 22.0. The van der Waals surface area contributed by atoms with Gasteiger partial charge in [0, 0.05) is 31.4 Å². The van der Waals surface area contributed by atoms with E-state index in [2.05, 4.69) is 16.0 Å². The van der Waals surface area contributed by atoms with Gasteiger partial charge < -0.3 is 9.64 Å². The minimum Gasteiger partial charge on any atom is -0.487 e. The third-order valence-electron chi connectivity index (χ3n) is 7.61. The Bertz CT molecular complexity index is 1140. The van der Waals surface area contributed by atoms with Gasteiger partial charge in [-0.05, 0) is 74.7 Å². The maximum absolute atomic E-state index is 13.3. The second kappa shape index (κ2) is 10.2. The molecule has 1 aromatic heterocycles. The van der Waals surface area contributed by atoms with Gasteiger partial charge in [-0.1, -0.05) is 36.4 Å². The lowest BCUT2D eigenvalue weighted by Crippen LogP contribution is -2.43. The van der Waals surface area contributed by atoms with Crippen LogP contribution in [0.5, 0.6) is 5.75 Å². The fourth-order valence-electron chi connectivity index (χ4n) is 5.53. The first-order chi connectivity index (χ1) is 17.0. The van der Waals surface area contributed by atoms with Gasteiger partial charge in [0.2, 0.25) is 5.91 Å². The van der Waals surface area contributed by atoms with Gasteiger partial charge in [-0.25, -0.2) is 4.39 Å². The number of benzene rings is 2. The molecule has 2 aromatic carbocycles. The molecule has 0 saturated carbocycles. The van der Waals surface area contributed by atoms with Gasteiger partial charge in [0.1, 0.15) is 18.2 Å². The van der Waals surface area contributed by atoms with E-state index < -0.39 is 0 Å². The van der Waals surface area contributed by atoms with Crippen LogP contribution in [0.3, 0.4) is 0 Å². The zero-order valence-corrected chi connectivity index (χ0v) is 20.2. The van der Waals surface area contributed by atoms with Crippen LogP contribution in [0.2, 0.25) is 0 Å².